The minimum Gasteiger partial charge on any atom is -0.342 e. The fourth-order valence-corrected chi connectivity index (χ4v) is 4.09. The lowest BCUT2D eigenvalue weighted by atomic mass is 9.82. The van der Waals surface area contributed by atoms with Crippen LogP contribution in [0.15, 0.2) is 12.2 Å². The summed E-state index contributed by atoms with van der Waals surface area (Å²) in [6.45, 7) is 0.447. The maximum Gasteiger partial charge on any atom is 0.336 e. The minimum absolute atomic E-state index is 0.110. The predicted octanol–water partition coefficient (Wildman–Crippen LogP) is -0.520. The van der Waals surface area contributed by atoms with Crippen molar-refractivity contribution >= 4 is 40.1 Å². The third-order valence-electron chi connectivity index (χ3n) is 5.01. The van der Waals surface area contributed by atoms with Gasteiger partial charge in [0.25, 0.3) is 21.9 Å². The van der Waals surface area contributed by atoms with Crippen molar-refractivity contribution in [2.45, 2.75) is 37.4 Å². The Morgan fingerprint density at radius 3 is 2.38 bits per heavy atom. The molecule has 160 valence electrons. The molecule has 0 radical (unpaired) electrons. The van der Waals surface area contributed by atoms with Gasteiger partial charge in [-0.15, -0.1) is 5.06 Å². The first-order valence-electron chi connectivity index (χ1n) is 8.96. The number of likely N-dealkylation sites (N-methyl/N-ethyl adjacent to an activating group) is 1. The number of rotatable bonds is 7. The van der Waals surface area contributed by atoms with Crippen LogP contribution in [0.3, 0.4) is 0 Å². The zero-order chi connectivity index (χ0) is 21.8. The number of aldehydes is 1. The minimum atomic E-state index is -4.77. The fraction of sp³-hybridized carbons (Fsp3) is 0.588. The second-order valence-corrected chi connectivity index (χ2v) is 8.68. The number of hydroxylamine groups is 2. The topological polar surface area (TPSA) is 155 Å². The van der Waals surface area contributed by atoms with Gasteiger partial charge in [-0.1, -0.05) is 0 Å². The second-order valence-electron chi connectivity index (χ2n) is 7.08. The van der Waals surface area contributed by atoms with Crippen LogP contribution in [0, 0.1) is 11.8 Å². The molecule has 0 aromatic heterocycles. The molecule has 11 nitrogen and oxygen atoms in total. The molecule has 2 rings (SSSR count). The summed E-state index contributed by atoms with van der Waals surface area (Å²) in [5.41, 5.74) is 0. The van der Waals surface area contributed by atoms with Gasteiger partial charge in [0.2, 0.25) is 5.91 Å². The Hall–Kier alpha value is -2.60. The number of imide groups is 1. The summed E-state index contributed by atoms with van der Waals surface area (Å²) in [5.74, 6) is -3.87. The first-order valence-corrected chi connectivity index (χ1v) is 10.5. The van der Waals surface area contributed by atoms with Gasteiger partial charge in [-0.2, -0.15) is 8.42 Å². The van der Waals surface area contributed by atoms with E-state index in [1.807, 2.05) is 0 Å². The van der Waals surface area contributed by atoms with Gasteiger partial charge in [-0.25, -0.2) is 4.79 Å². The molecule has 1 N–H and O–H groups in total. The molecule has 29 heavy (non-hydrogen) atoms. The molecule has 0 aromatic carbocycles. The summed E-state index contributed by atoms with van der Waals surface area (Å²) in [5, 5.41) is -1.85. The summed E-state index contributed by atoms with van der Waals surface area (Å²) in [6, 6.07) is 0. The average molecular weight is 430 g/mol. The normalized spacial score (nSPS) is 25.3. The summed E-state index contributed by atoms with van der Waals surface area (Å²) in [6.07, 6.45) is 4.03. The van der Waals surface area contributed by atoms with E-state index in [2.05, 4.69) is 0 Å². The standard InChI is InChI=1S/C17H22N2O9S/c1-18(14(21)3-2-8-20)10-11-4-6-12(7-5-11)17(24)28-19-15(22)9-13(16(19)23)29(25,26)27/h2-3,8,11-13H,4-7,9-10H2,1H3,(H,25,26,27)/b3-2-. The van der Waals surface area contributed by atoms with Crippen LogP contribution in [-0.2, 0) is 38.9 Å². The van der Waals surface area contributed by atoms with E-state index in [1.165, 1.54) is 11.0 Å². The van der Waals surface area contributed by atoms with Crippen molar-refractivity contribution < 1.29 is 41.8 Å². The molecular weight excluding hydrogens is 408 g/mol. The van der Waals surface area contributed by atoms with Crippen LogP contribution in [0.4, 0.5) is 0 Å². The van der Waals surface area contributed by atoms with E-state index in [9.17, 15) is 32.4 Å². The van der Waals surface area contributed by atoms with E-state index >= 15 is 0 Å². The van der Waals surface area contributed by atoms with Crippen LogP contribution in [0.1, 0.15) is 32.1 Å². The number of carbonyl (C=O) groups is 5. The van der Waals surface area contributed by atoms with Gasteiger partial charge in [-0.3, -0.25) is 23.7 Å². The molecule has 1 heterocycles. The highest BCUT2D eigenvalue weighted by Gasteiger charge is 2.48. The van der Waals surface area contributed by atoms with E-state index < -0.39 is 45.5 Å². The van der Waals surface area contributed by atoms with E-state index in [-0.39, 0.29) is 16.9 Å². The van der Waals surface area contributed by atoms with Gasteiger partial charge in [0.1, 0.15) is 6.29 Å². The molecule has 1 aliphatic heterocycles. The van der Waals surface area contributed by atoms with Gasteiger partial charge in [0.15, 0.2) is 5.25 Å². The zero-order valence-electron chi connectivity index (χ0n) is 15.7. The van der Waals surface area contributed by atoms with Gasteiger partial charge in [0, 0.05) is 19.7 Å². The van der Waals surface area contributed by atoms with Gasteiger partial charge in [0.05, 0.1) is 12.3 Å². The number of carbonyl (C=O) groups excluding carboxylic acids is 5. The average Bonchev–Trinajstić information content (AvgIpc) is 2.95. The maximum atomic E-state index is 12.3. The molecule has 1 saturated heterocycles. The third kappa shape index (κ3) is 5.70. The SMILES string of the molecule is CN(CC1CCC(C(=O)ON2C(=O)CC(S(=O)(=O)O)C2=O)CC1)C(=O)/C=C\C=O. The summed E-state index contributed by atoms with van der Waals surface area (Å²) in [4.78, 5) is 64.3. The second kappa shape index (κ2) is 9.27. The largest absolute Gasteiger partial charge is 0.342 e. The van der Waals surface area contributed by atoms with Crippen molar-refractivity contribution in [3.05, 3.63) is 12.2 Å². The van der Waals surface area contributed by atoms with E-state index in [1.54, 1.807) is 7.05 Å². The lowest BCUT2D eigenvalue weighted by Crippen LogP contribution is -2.39. The zero-order valence-corrected chi connectivity index (χ0v) is 16.5. The van der Waals surface area contributed by atoms with Crippen molar-refractivity contribution in [2.24, 2.45) is 11.8 Å². The molecule has 1 saturated carbocycles. The van der Waals surface area contributed by atoms with Crippen molar-refractivity contribution in [1.29, 1.82) is 0 Å². The smallest absolute Gasteiger partial charge is 0.336 e. The van der Waals surface area contributed by atoms with Gasteiger partial charge >= 0.3 is 5.97 Å². The van der Waals surface area contributed by atoms with Crippen molar-refractivity contribution in [3.8, 4) is 0 Å². The highest BCUT2D eigenvalue weighted by atomic mass is 32.2. The first kappa shape index (κ1) is 22.7. The van der Waals surface area contributed by atoms with Crippen LogP contribution >= 0.6 is 0 Å². The number of nitrogens with zero attached hydrogens (tertiary/aromatic N) is 2. The number of hydrogen-bond acceptors (Lipinski definition) is 8. The quantitative estimate of drug-likeness (QED) is 0.243. The van der Waals surface area contributed by atoms with Crippen LogP contribution in [0.5, 0.6) is 0 Å². The molecular formula is C17H22N2O9S. The van der Waals surface area contributed by atoms with Crippen LogP contribution in [0.2, 0.25) is 0 Å². The number of allylic oxidation sites excluding steroid dienone is 1. The highest BCUT2D eigenvalue weighted by Crippen LogP contribution is 2.31. The molecule has 0 aromatic rings. The molecule has 12 heteroatoms. The number of hydrogen-bond donors (Lipinski definition) is 1. The lowest BCUT2D eigenvalue weighted by molar-refractivity contribution is -0.201. The molecule has 0 spiro atoms. The summed E-state index contributed by atoms with van der Waals surface area (Å²) < 4.78 is 31.2. The van der Waals surface area contributed by atoms with Crippen LogP contribution in [-0.4, -0.2) is 71.8 Å². The Kier molecular flexibility index (Phi) is 7.25. The van der Waals surface area contributed by atoms with Crippen LogP contribution < -0.4 is 0 Å². The molecule has 2 fully saturated rings. The summed E-state index contributed by atoms with van der Waals surface area (Å²) in [7, 11) is -3.16. The Labute approximate surface area is 167 Å². The van der Waals surface area contributed by atoms with Crippen LogP contribution in [0.25, 0.3) is 0 Å². The predicted molar refractivity (Wildman–Crippen MR) is 96.2 cm³/mol. The lowest BCUT2D eigenvalue weighted by Gasteiger charge is -2.30. The Morgan fingerprint density at radius 2 is 1.86 bits per heavy atom. The Morgan fingerprint density at radius 1 is 1.24 bits per heavy atom. The first-order chi connectivity index (χ1) is 13.5. The molecule has 1 atom stereocenters. The van der Waals surface area contributed by atoms with Gasteiger partial charge in [-0.05, 0) is 37.7 Å². The molecule has 1 unspecified atom stereocenters. The molecule has 3 amide bonds. The third-order valence-corrected chi connectivity index (χ3v) is 6.10. The summed E-state index contributed by atoms with van der Waals surface area (Å²) >= 11 is 0. The Balaban J connectivity index is 1.85. The highest BCUT2D eigenvalue weighted by molar-refractivity contribution is 7.87. The van der Waals surface area contributed by atoms with E-state index in [4.69, 9.17) is 9.39 Å². The van der Waals surface area contributed by atoms with Crippen molar-refractivity contribution in [1.82, 2.24) is 9.96 Å². The van der Waals surface area contributed by atoms with Crippen molar-refractivity contribution in [2.75, 3.05) is 13.6 Å². The monoisotopic (exact) mass is 430 g/mol. The van der Waals surface area contributed by atoms with E-state index in [0.717, 1.165) is 6.08 Å². The van der Waals surface area contributed by atoms with Gasteiger partial charge < -0.3 is 9.74 Å². The molecule has 0 bridgehead atoms. The Bertz CT molecular complexity index is 828. The van der Waals surface area contributed by atoms with Crippen molar-refractivity contribution in [3.63, 3.8) is 0 Å². The fourth-order valence-electron chi connectivity index (χ4n) is 3.38. The molecule has 1 aliphatic carbocycles. The molecule has 2 aliphatic rings. The van der Waals surface area contributed by atoms with E-state index in [0.29, 0.717) is 38.5 Å². The maximum absolute atomic E-state index is 12.3. The number of amides is 3.